The Morgan fingerprint density at radius 1 is 1.21 bits per heavy atom. The van der Waals surface area contributed by atoms with Crippen LogP contribution in [0.15, 0.2) is 36.4 Å². The van der Waals surface area contributed by atoms with E-state index in [-0.39, 0.29) is 11.3 Å². The number of carbonyl (C=O) groups excluding carboxylic acids is 1. The fraction of sp³-hybridized carbons (Fsp3) is 0.421. The average molecular weight is 344 g/mol. The van der Waals surface area contributed by atoms with E-state index in [1.54, 1.807) is 11.8 Å². The number of benzene rings is 2. The number of thioether (sulfide) groups is 1. The number of hydrogen-bond acceptors (Lipinski definition) is 4. The molecule has 1 aliphatic heterocycles. The molecule has 1 aliphatic rings. The molecule has 0 N–H and O–H groups in total. The molecule has 1 unspecified atom stereocenters. The van der Waals surface area contributed by atoms with Gasteiger partial charge in [-0.05, 0) is 23.9 Å². The Morgan fingerprint density at radius 2 is 1.96 bits per heavy atom. The summed E-state index contributed by atoms with van der Waals surface area (Å²) in [7, 11) is 4.12. The van der Waals surface area contributed by atoms with E-state index in [0.29, 0.717) is 25.5 Å². The number of rotatable bonds is 6. The van der Waals surface area contributed by atoms with Gasteiger partial charge in [0.15, 0.2) is 0 Å². The van der Waals surface area contributed by atoms with Gasteiger partial charge < -0.3 is 14.5 Å². The summed E-state index contributed by atoms with van der Waals surface area (Å²) in [5.41, 5.74) is 2.41. The van der Waals surface area contributed by atoms with Crippen LogP contribution in [0.1, 0.15) is 17.9 Å². The van der Waals surface area contributed by atoms with Crippen LogP contribution < -0.4 is 4.90 Å². The molecule has 0 radical (unpaired) electrons. The monoisotopic (exact) mass is 344 g/mol. The van der Waals surface area contributed by atoms with Crippen LogP contribution in [-0.2, 0) is 9.53 Å². The first-order chi connectivity index (χ1) is 11.6. The van der Waals surface area contributed by atoms with Crippen LogP contribution in [-0.4, -0.2) is 50.4 Å². The van der Waals surface area contributed by atoms with E-state index in [2.05, 4.69) is 55.4 Å². The van der Waals surface area contributed by atoms with Crippen molar-refractivity contribution < 1.29 is 9.53 Å². The number of fused-ring (bicyclic) bond motifs is 1. The summed E-state index contributed by atoms with van der Waals surface area (Å²) in [6.07, 6.45) is 0. The predicted molar refractivity (Wildman–Crippen MR) is 102 cm³/mol. The van der Waals surface area contributed by atoms with Crippen molar-refractivity contribution in [1.29, 1.82) is 0 Å². The summed E-state index contributed by atoms with van der Waals surface area (Å²) >= 11 is 1.71. The second kappa shape index (κ2) is 7.45. The summed E-state index contributed by atoms with van der Waals surface area (Å²) in [4.78, 5) is 16.4. The number of hydrogen-bond donors (Lipinski definition) is 0. The van der Waals surface area contributed by atoms with E-state index in [1.807, 2.05) is 11.8 Å². The lowest BCUT2D eigenvalue weighted by Crippen LogP contribution is -2.31. The fourth-order valence-electron chi connectivity index (χ4n) is 3.17. The minimum atomic E-state index is 0.0686. The second-order valence-corrected chi connectivity index (χ2v) is 7.13. The Balaban J connectivity index is 1.99. The van der Waals surface area contributed by atoms with Crippen molar-refractivity contribution in [3.8, 4) is 0 Å². The van der Waals surface area contributed by atoms with Crippen LogP contribution in [0, 0.1) is 0 Å². The maximum atomic E-state index is 12.3. The molecule has 5 heteroatoms. The largest absolute Gasteiger partial charge is 0.380 e. The highest BCUT2D eigenvalue weighted by molar-refractivity contribution is 8.00. The van der Waals surface area contributed by atoms with Crippen LogP contribution in [0.25, 0.3) is 10.8 Å². The van der Waals surface area contributed by atoms with Gasteiger partial charge in [-0.25, -0.2) is 0 Å². The molecule has 0 aromatic heterocycles. The van der Waals surface area contributed by atoms with E-state index < -0.39 is 0 Å². The van der Waals surface area contributed by atoms with Crippen molar-refractivity contribution in [3.63, 3.8) is 0 Å². The molecular formula is C19H24N2O2S. The molecule has 3 rings (SSSR count). The van der Waals surface area contributed by atoms with Gasteiger partial charge in [0, 0.05) is 38.3 Å². The fourth-order valence-corrected chi connectivity index (χ4v) is 4.43. The summed E-state index contributed by atoms with van der Waals surface area (Å²) in [5.74, 6) is 0.742. The van der Waals surface area contributed by atoms with Crippen LogP contribution in [0.3, 0.4) is 0 Å². The molecule has 4 nitrogen and oxygen atoms in total. The molecule has 0 bridgehead atoms. The number of anilines is 1. The van der Waals surface area contributed by atoms with E-state index >= 15 is 0 Å². The van der Waals surface area contributed by atoms with Crippen molar-refractivity contribution in [2.24, 2.45) is 0 Å². The Bertz CT molecular complexity index is 732. The smallest absolute Gasteiger partial charge is 0.233 e. The van der Waals surface area contributed by atoms with Gasteiger partial charge in [0.05, 0.1) is 12.4 Å². The molecule has 1 fully saturated rings. The molecule has 0 spiro atoms. The number of ether oxygens (including phenoxy) is 1. The van der Waals surface area contributed by atoms with Crippen molar-refractivity contribution in [2.75, 3.05) is 44.5 Å². The molecule has 2 aromatic carbocycles. The van der Waals surface area contributed by atoms with Gasteiger partial charge in [-0.15, -0.1) is 11.8 Å². The van der Waals surface area contributed by atoms with Crippen molar-refractivity contribution >= 4 is 34.1 Å². The lowest BCUT2D eigenvalue weighted by molar-refractivity contribution is -0.128. The molecule has 0 aliphatic carbocycles. The standard InChI is InChI=1S/C19H24N2O2S/c1-4-23-12-11-21-18(22)13-24-19(21)16-9-10-17(20(2)3)15-8-6-5-7-14(15)16/h5-10,19H,4,11-13H2,1-3H3. The SMILES string of the molecule is CCOCCN1C(=O)CSC1c1ccc(N(C)C)c2ccccc12. The minimum absolute atomic E-state index is 0.0686. The highest BCUT2D eigenvalue weighted by Gasteiger charge is 2.33. The number of nitrogens with zero attached hydrogens (tertiary/aromatic N) is 2. The molecule has 1 atom stereocenters. The minimum Gasteiger partial charge on any atom is -0.380 e. The third-order valence-corrected chi connectivity index (χ3v) is 5.57. The third-order valence-electron chi connectivity index (χ3n) is 4.33. The van der Waals surface area contributed by atoms with E-state index in [1.165, 1.54) is 22.0 Å². The summed E-state index contributed by atoms with van der Waals surface area (Å²) in [6.45, 7) is 3.90. The normalized spacial score (nSPS) is 17.7. The molecule has 0 saturated carbocycles. The van der Waals surface area contributed by atoms with Gasteiger partial charge in [-0.2, -0.15) is 0 Å². The van der Waals surface area contributed by atoms with Gasteiger partial charge >= 0.3 is 0 Å². The Labute approximate surface area is 147 Å². The Kier molecular flexibility index (Phi) is 5.31. The van der Waals surface area contributed by atoms with E-state index in [0.717, 1.165) is 0 Å². The highest BCUT2D eigenvalue weighted by atomic mass is 32.2. The molecule has 1 heterocycles. The lowest BCUT2D eigenvalue weighted by Gasteiger charge is -2.26. The molecule has 1 saturated heterocycles. The lowest BCUT2D eigenvalue weighted by atomic mass is 10.0. The highest BCUT2D eigenvalue weighted by Crippen LogP contribution is 2.42. The van der Waals surface area contributed by atoms with Gasteiger partial charge in [-0.3, -0.25) is 4.79 Å². The topological polar surface area (TPSA) is 32.8 Å². The first kappa shape index (κ1) is 17.1. The van der Waals surface area contributed by atoms with Crippen molar-refractivity contribution in [3.05, 3.63) is 42.0 Å². The Hall–Kier alpha value is -1.72. The van der Waals surface area contributed by atoms with E-state index in [9.17, 15) is 4.79 Å². The maximum absolute atomic E-state index is 12.3. The first-order valence-electron chi connectivity index (χ1n) is 8.31. The van der Waals surface area contributed by atoms with Gasteiger partial charge in [0.1, 0.15) is 5.37 Å². The zero-order valence-corrected chi connectivity index (χ0v) is 15.3. The average Bonchev–Trinajstić information content (AvgIpc) is 2.95. The molecule has 2 aromatic rings. The van der Waals surface area contributed by atoms with Gasteiger partial charge in [0.2, 0.25) is 5.91 Å². The maximum Gasteiger partial charge on any atom is 0.233 e. The van der Waals surface area contributed by atoms with E-state index in [4.69, 9.17) is 4.74 Å². The first-order valence-corrected chi connectivity index (χ1v) is 9.36. The Morgan fingerprint density at radius 3 is 2.67 bits per heavy atom. The van der Waals surface area contributed by atoms with Gasteiger partial charge in [0.25, 0.3) is 0 Å². The summed E-state index contributed by atoms with van der Waals surface area (Å²) in [6, 6.07) is 12.8. The van der Waals surface area contributed by atoms with Crippen LogP contribution in [0.4, 0.5) is 5.69 Å². The third kappa shape index (κ3) is 3.23. The summed E-state index contributed by atoms with van der Waals surface area (Å²) in [5, 5.41) is 2.51. The molecule has 1 amide bonds. The molecule has 24 heavy (non-hydrogen) atoms. The van der Waals surface area contributed by atoms with Crippen LogP contribution in [0.5, 0.6) is 0 Å². The van der Waals surface area contributed by atoms with Crippen LogP contribution >= 0.6 is 11.8 Å². The zero-order valence-electron chi connectivity index (χ0n) is 14.5. The molecule has 128 valence electrons. The quantitative estimate of drug-likeness (QED) is 0.751. The predicted octanol–water partition coefficient (Wildman–Crippen LogP) is 3.52. The number of amides is 1. The zero-order chi connectivity index (χ0) is 17.1. The van der Waals surface area contributed by atoms with Crippen molar-refractivity contribution in [1.82, 2.24) is 4.90 Å². The van der Waals surface area contributed by atoms with Crippen molar-refractivity contribution in [2.45, 2.75) is 12.3 Å². The summed E-state index contributed by atoms with van der Waals surface area (Å²) < 4.78 is 5.46. The van der Waals surface area contributed by atoms with Gasteiger partial charge in [-0.1, -0.05) is 30.3 Å². The second-order valence-electron chi connectivity index (χ2n) is 6.06. The molecular weight excluding hydrogens is 320 g/mol. The van der Waals surface area contributed by atoms with Crippen LogP contribution in [0.2, 0.25) is 0 Å². The number of carbonyl (C=O) groups is 1.